The van der Waals surface area contributed by atoms with Crippen molar-refractivity contribution in [2.75, 3.05) is 26.3 Å². The number of aliphatic hydroxyl groups is 3. The fraction of sp³-hybridized carbons (Fsp3) is 1.00. The summed E-state index contributed by atoms with van der Waals surface area (Å²) in [4.78, 5) is 2.06. The van der Waals surface area contributed by atoms with Gasteiger partial charge in [-0.15, -0.1) is 0 Å². The number of nitrogens with zero attached hydrogens (tertiary/aromatic N) is 1. The van der Waals surface area contributed by atoms with Gasteiger partial charge in [0.15, 0.2) is 0 Å². The van der Waals surface area contributed by atoms with E-state index in [1.54, 1.807) is 0 Å². The molecular weight excluding hydrogens is 170 g/mol. The summed E-state index contributed by atoms with van der Waals surface area (Å²) >= 11 is 0. The molecule has 0 unspecified atom stereocenters. The van der Waals surface area contributed by atoms with Crippen LogP contribution >= 0.6 is 0 Å². The molecule has 3 N–H and O–H groups in total. The maximum Gasteiger partial charge on any atom is 0.0897 e. The normalized spacial score (nSPS) is 27.5. The third kappa shape index (κ3) is 3.23. The van der Waals surface area contributed by atoms with Gasteiger partial charge in [0.05, 0.1) is 19.3 Å². The van der Waals surface area contributed by atoms with E-state index in [1.807, 2.05) is 0 Å². The summed E-state index contributed by atoms with van der Waals surface area (Å²) in [6.45, 7) is 1.34. The van der Waals surface area contributed by atoms with Gasteiger partial charge >= 0.3 is 0 Å². The Bertz CT molecular complexity index is 143. The van der Waals surface area contributed by atoms with Gasteiger partial charge in [-0.25, -0.2) is 0 Å². The number of rotatable bonds is 4. The molecule has 0 aromatic carbocycles. The Balaban J connectivity index is 2.35. The molecule has 4 heteroatoms. The number of hydrogen-bond acceptors (Lipinski definition) is 4. The van der Waals surface area contributed by atoms with Crippen LogP contribution in [0.25, 0.3) is 0 Å². The topological polar surface area (TPSA) is 63.9 Å². The summed E-state index contributed by atoms with van der Waals surface area (Å²) in [5.41, 5.74) is 0. The van der Waals surface area contributed by atoms with Crippen molar-refractivity contribution in [3.05, 3.63) is 0 Å². The van der Waals surface area contributed by atoms with Crippen LogP contribution in [0, 0.1) is 0 Å². The van der Waals surface area contributed by atoms with Crippen LogP contribution in [-0.4, -0.2) is 58.7 Å². The van der Waals surface area contributed by atoms with E-state index in [0.29, 0.717) is 6.54 Å². The van der Waals surface area contributed by atoms with E-state index in [-0.39, 0.29) is 19.3 Å². The van der Waals surface area contributed by atoms with E-state index in [2.05, 4.69) is 4.90 Å². The van der Waals surface area contributed by atoms with Crippen molar-refractivity contribution < 1.29 is 15.3 Å². The molecule has 0 spiro atoms. The zero-order valence-corrected chi connectivity index (χ0v) is 7.89. The fourth-order valence-electron chi connectivity index (χ4n) is 1.84. The molecule has 78 valence electrons. The molecule has 13 heavy (non-hydrogen) atoms. The molecule has 0 amide bonds. The largest absolute Gasteiger partial charge is 0.395 e. The van der Waals surface area contributed by atoms with E-state index < -0.39 is 6.10 Å². The van der Waals surface area contributed by atoms with Crippen molar-refractivity contribution >= 4 is 0 Å². The molecule has 0 saturated carbocycles. The lowest BCUT2D eigenvalue weighted by Gasteiger charge is -2.35. The third-order valence-corrected chi connectivity index (χ3v) is 2.62. The lowest BCUT2D eigenvalue weighted by Crippen LogP contribution is -2.46. The second-order valence-electron chi connectivity index (χ2n) is 3.66. The van der Waals surface area contributed by atoms with E-state index in [4.69, 9.17) is 10.2 Å². The summed E-state index contributed by atoms with van der Waals surface area (Å²) in [5, 5.41) is 27.0. The Morgan fingerprint density at radius 2 is 2.08 bits per heavy atom. The van der Waals surface area contributed by atoms with Gasteiger partial charge in [-0.1, -0.05) is 6.42 Å². The molecule has 0 radical (unpaired) electrons. The summed E-state index contributed by atoms with van der Waals surface area (Å²) in [7, 11) is 0. The molecule has 1 aliphatic heterocycles. The van der Waals surface area contributed by atoms with E-state index in [1.165, 1.54) is 0 Å². The molecular formula is C9H19NO3. The minimum Gasteiger partial charge on any atom is -0.395 e. The van der Waals surface area contributed by atoms with Crippen molar-refractivity contribution in [3.8, 4) is 0 Å². The lowest BCUT2D eigenvalue weighted by molar-refractivity contribution is 0.0183. The van der Waals surface area contributed by atoms with Crippen LogP contribution in [0.2, 0.25) is 0 Å². The van der Waals surface area contributed by atoms with Gasteiger partial charge in [-0.05, 0) is 19.4 Å². The first-order valence-electron chi connectivity index (χ1n) is 4.91. The summed E-state index contributed by atoms with van der Waals surface area (Å²) in [6.07, 6.45) is 2.59. The lowest BCUT2D eigenvalue weighted by atomic mass is 10.0. The highest BCUT2D eigenvalue weighted by molar-refractivity contribution is 4.77. The summed E-state index contributed by atoms with van der Waals surface area (Å²) in [6, 6.07) is 0.176. The van der Waals surface area contributed by atoms with E-state index in [0.717, 1.165) is 25.8 Å². The zero-order chi connectivity index (χ0) is 9.68. The first-order chi connectivity index (χ1) is 6.27. The first-order valence-corrected chi connectivity index (χ1v) is 4.91. The van der Waals surface area contributed by atoms with Crippen LogP contribution < -0.4 is 0 Å². The van der Waals surface area contributed by atoms with Crippen LogP contribution in [0.1, 0.15) is 19.3 Å². The Labute approximate surface area is 78.8 Å². The highest BCUT2D eigenvalue weighted by atomic mass is 16.3. The monoisotopic (exact) mass is 189 g/mol. The average molecular weight is 189 g/mol. The number of likely N-dealkylation sites (tertiary alicyclic amines) is 1. The van der Waals surface area contributed by atoms with Crippen molar-refractivity contribution in [3.63, 3.8) is 0 Å². The van der Waals surface area contributed by atoms with Crippen LogP contribution in [0.3, 0.4) is 0 Å². The molecule has 1 rings (SSSR count). The van der Waals surface area contributed by atoms with Gasteiger partial charge in [0.2, 0.25) is 0 Å². The van der Waals surface area contributed by atoms with Crippen molar-refractivity contribution in [2.45, 2.75) is 31.4 Å². The fourth-order valence-corrected chi connectivity index (χ4v) is 1.84. The first kappa shape index (κ1) is 10.9. The summed E-state index contributed by atoms with van der Waals surface area (Å²) in [5.74, 6) is 0. The quantitative estimate of drug-likeness (QED) is 0.541. The smallest absolute Gasteiger partial charge is 0.0897 e. The zero-order valence-electron chi connectivity index (χ0n) is 7.89. The van der Waals surface area contributed by atoms with Crippen molar-refractivity contribution in [2.24, 2.45) is 0 Å². The molecule has 1 fully saturated rings. The molecule has 1 saturated heterocycles. The highest BCUT2D eigenvalue weighted by Gasteiger charge is 2.22. The molecule has 0 aromatic rings. The Kier molecular flexibility index (Phi) is 4.66. The minimum atomic E-state index is -0.674. The average Bonchev–Trinajstić information content (AvgIpc) is 2.18. The van der Waals surface area contributed by atoms with Gasteiger partial charge < -0.3 is 15.3 Å². The number of hydrogen-bond donors (Lipinski definition) is 3. The van der Waals surface area contributed by atoms with Crippen molar-refractivity contribution in [1.29, 1.82) is 0 Å². The number of β-amino-alcohol motifs (C(OH)–C–C–N with tert-alkyl or cyclic N) is 1. The maximum atomic E-state index is 9.25. The Hall–Kier alpha value is -0.160. The minimum absolute atomic E-state index is 0.151. The van der Waals surface area contributed by atoms with Gasteiger partial charge in [-0.2, -0.15) is 0 Å². The Morgan fingerprint density at radius 3 is 2.69 bits per heavy atom. The predicted octanol–water partition coefficient (Wildman–Crippen LogP) is -0.814. The predicted molar refractivity (Wildman–Crippen MR) is 49.4 cm³/mol. The highest BCUT2D eigenvalue weighted by Crippen LogP contribution is 2.16. The van der Waals surface area contributed by atoms with Gasteiger partial charge in [-0.3, -0.25) is 4.90 Å². The molecule has 1 heterocycles. The maximum absolute atomic E-state index is 9.25. The molecule has 4 nitrogen and oxygen atoms in total. The van der Waals surface area contributed by atoms with Gasteiger partial charge in [0, 0.05) is 12.6 Å². The second kappa shape index (κ2) is 5.54. The van der Waals surface area contributed by atoms with Crippen LogP contribution in [0.5, 0.6) is 0 Å². The van der Waals surface area contributed by atoms with E-state index >= 15 is 0 Å². The SMILES string of the molecule is OC[C@@H](O)CN1CCCC[C@H]1CO. The van der Waals surface area contributed by atoms with Crippen LogP contribution in [0.15, 0.2) is 0 Å². The van der Waals surface area contributed by atoms with E-state index in [9.17, 15) is 5.11 Å². The molecule has 0 bridgehead atoms. The van der Waals surface area contributed by atoms with Crippen LogP contribution in [-0.2, 0) is 0 Å². The second-order valence-corrected chi connectivity index (χ2v) is 3.66. The number of piperidine rings is 1. The van der Waals surface area contributed by atoms with Crippen molar-refractivity contribution in [1.82, 2.24) is 4.90 Å². The van der Waals surface area contributed by atoms with Gasteiger partial charge in [0.1, 0.15) is 0 Å². The van der Waals surface area contributed by atoms with Crippen LogP contribution in [0.4, 0.5) is 0 Å². The molecule has 1 aliphatic rings. The molecule has 2 atom stereocenters. The summed E-state index contributed by atoms with van der Waals surface area (Å²) < 4.78 is 0. The third-order valence-electron chi connectivity index (χ3n) is 2.62. The van der Waals surface area contributed by atoms with Gasteiger partial charge in [0.25, 0.3) is 0 Å². The molecule has 0 aromatic heterocycles. The standard InChI is InChI=1S/C9H19NO3/c11-6-8-3-1-2-4-10(8)5-9(13)7-12/h8-9,11-13H,1-7H2/t8-,9-/m0/s1. The molecule has 0 aliphatic carbocycles. The Morgan fingerprint density at radius 1 is 1.31 bits per heavy atom. The number of aliphatic hydroxyl groups excluding tert-OH is 3.